The Morgan fingerprint density at radius 2 is 1.95 bits per heavy atom. The number of hydrogen-bond acceptors (Lipinski definition) is 5. The van der Waals surface area contributed by atoms with Gasteiger partial charge >= 0.3 is 0 Å². The summed E-state index contributed by atoms with van der Waals surface area (Å²) in [5.41, 5.74) is 2.45. The van der Waals surface area contributed by atoms with Crippen LogP contribution in [0.3, 0.4) is 0 Å². The topological polar surface area (TPSA) is 48.2 Å². The summed E-state index contributed by atoms with van der Waals surface area (Å²) in [7, 11) is 1.60. The van der Waals surface area contributed by atoms with Crippen LogP contribution in [0, 0.1) is 0 Å². The molecule has 0 aliphatic heterocycles. The van der Waals surface area contributed by atoms with Crippen molar-refractivity contribution >= 4 is 38.8 Å². The fourth-order valence-electron chi connectivity index (χ4n) is 2.03. The largest absolute Gasteiger partial charge is 0.480 e. The van der Waals surface area contributed by atoms with E-state index in [0.717, 1.165) is 16.5 Å². The normalized spacial score (nSPS) is 10.9. The Morgan fingerprint density at radius 1 is 1.20 bits per heavy atom. The third kappa shape index (κ3) is 2.19. The van der Waals surface area contributed by atoms with Crippen molar-refractivity contribution in [2.75, 3.05) is 13.4 Å². The van der Waals surface area contributed by atoms with Crippen LogP contribution in [-0.2, 0) is 0 Å². The van der Waals surface area contributed by atoms with Gasteiger partial charge < -0.3 is 9.15 Å². The van der Waals surface area contributed by atoms with Crippen LogP contribution in [0.2, 0.25) is 0 Å². The third-order valence-corrected chi connectivity index (χ3v) is 4.00. The van der Waals surface area contributed by atoms with Crippen molar-refractivity contribution < 1.29 is 9.15 Å². The maximum Gasteiger partial charge on any atom is 0.236 e. The van der Waals surface area contributed by atoms with Gasteiger partial charge in [-0.2, -0.15) is 9.97 Å². The van der Waals surface area contributed by atoms with E-state index in [1.165, 1.54) is 11.8 Å². The zero-order chi connectivity index (χ0) is 14.1. The molecule has 0 spiro atoms. The molecule has 0 bridgehead atoms. The average Bonchev–Trinajstić information content (AvgIpc) is 2.82. The Balaban J connectivity index is 2.35. The predicted octanol–water partition coefficient (Wildman–Crippen LogP) is 4.38. The van der Waals surface area contributed by atoms with Gasteiger partial charge in [-0.1, -0.05) is 42.1 Å². The van der Waals surface area contributed by atoms with Crippen molar-refractivity contribution in [1.29, 1.82) is 0 Å². The van der Waals surface area contributed by atoms with Crippen LogP contribution in [0.15, 0.2) is 44.6 Å². The minimum absolute atomic E-state index is 0.520. The lowest BCUT2D eigenvalue weighted by Gasteiger charge is -2.04. The number of furan rings is 1. The second-order valence-corrected chi connectivity index (χ2v) is 5.51. The highest BCUT2D eigenvalue weighted by atomic mass is 79.9. The number of nitrogens with zero attached hydrogens (tertiary/aromatic N) is 2. The molecule has 0 amide bonds. The molecule has 3 aromatic rings. The first-order valence-corrected chi connectivity index (χ1v) is 7.89. The van der Waals surface area contributed by atoms with Crippen LogP contribution < -0.4 is 4.74 Å². The molecule has 0 atom stereocenters. The summed E-state index contributed by atoms with van der Waals surface area (Å²) in [5.74, 6) is 0.521. The summed E-state index contributed by atoms with van der Waals surface area (Å²) in [4.78, 5) is 8.77. The minimum atomic E-state index is 0.520. The first-order valence-electron chi connectivity index (χ1n) is 5.88. The number of benzene rings is 1. The Hall–Kier alpha value is -1.53. The zero-order valence-corrected chi connectivity index (χ0v) is 13.3. The van der Waals surface area contributed by atoms with Crippen LogP contribution in [0.5, 0.6) is 5.88 Å². The van der Waals surface area contributed by atoms with E-state index in [1.54, 1.807) is 7.11 Å². The number of aromatic nitrogens is 2. The highest BCUT2D eigenvalue weighted by Gasteiger charge is 2.21. The zero-order valence-electron chi connectivity index (χ0n) is 10.9. The molecule has 2 heterocycles. The van der Waals surface area contributed by atoms with Crippen molar-refractivity contribution in [1.82, 2.24) is 9.97 Å². The average molecular weight is 351 g/mol. The molecule has 0 N–H and O–H groups in total. The van der Waals surface area contributed by atoms with Crippen LogP contribution in [-0.4, -0.2) is 23.3 Å². The quantitative estimate of drug-likeness (QED) is 0.518. The van der Waals surface area contributed by atoms with Crippen molar-refractivity contribution in [3.63, 3.8) is 0 Å². The van der Waals surface area contributed by atoms with Crippen LogP contribution in [0.4, 0.5) is 0 Å². The third-order valence-electron chi connectivity index (χ3n) is 2.89. The van der Waals surface area contributed by atoms with Gasteiger partial charge in [-0.3, -0.25) is 0 Å². The summed E-state index contributed by atoms with van der Waals surface area (Å²) >= 11 is 4.91. The predicted molar refractivity (Wildman–Crippen MR) is 83.3 cm³/mol. The first-order chi connectivity index (χ1) is 9.74. The summed E-state index contributed by atoms with van der Waals surface area (Å²) in [6.07, 6.45) is 1.91. The lowest BCUT2D eigenvalue weighted by molar-refractivity contribution is 0.398. The molecule has 0 aliphatic rings. The fraction of sp³-hybridized carbons (Fsp3) is 0.143. The Kier molecular flexibility index (Phi) is 3.67. The molecule has 0 aliphatic carbocycles. The highest BCUT2D eigenvalue weighted by Crippen LogP contribution is 2.41. The van der Waals surface area contributed by atoms with Gasteiger partial charge in [0.1, 0.15) is 5.39 Å². The summed E-state index contributed by atoms with van der Waals surface area (Å²) in [6.45, 7) is 0. The molecule has 3 rings (SSSR count). The van der Waals surface area contributed by atoms with Crippen molar-refractivity contribution in [2.24, 2.45) is 0 Å². The number of fused-ring (bicyclic) bond motifs is 1. The van der Waals surface area contributed by atoms with Gasteiger partial charge in [0.05, 0.1) is 7.11 Å². The lowest BCUT2D eigenvalue weighted by Crippen LogP contribution is -1.93. The van der Waals surface area contributed by atoms with Gasteiger partial charge in [0.15, 0.2) is 9.83 Å². The van der Waals surface area contributed by atoms with Gasteiger partial charge in [0, 0.05) is 5.56 Å². The van der Waals surface area contributed by atoms with E-state index in [1.807, 2.05) is 36.6 Å². The molecule has 0 unspecified atom stereocenters. The molecule has 2 aromatic heterocycles. The number of ether oxygens (including phenoxy) is 1. The summed E-state index contributed by atoms with van der Waals surface area (Å²) < 4.78 is 11.7. The Morgan fingerprint density at radius 3 is 2.60 bits per heavy atom. The molecule has 0 radical (unpaired) electrons. The number of rotatable bonds is 3. The standard InChI is InChI=1S/C14H11BrN2O2S/c1-18-12-10-9(8-6-4-3-5-7-8)11(15)19-13(10)17-14(16-12)20-2/h3-7H,1-2H3. The molecule has 0 fully saturated rings. The molecule has 6 heteroatoms. The van der Waals surface area contributed by atoms with Gasteiger partial charge in [-0.15, -0.1) is 0 Å². The maximum absolute atomic E-state index is 5.71. The van der Waals surface area contributed by atoms with Crippen LogP contribution in [0.1, 0.15) is 0 Å². The van der Waals surface area contributed by atoms with E-state index in [4.69, 9.17) is 9.15 Å². The molecule has 1 aromatic carbocycles. The van der Waals surface area contributed by atoms with Gasteiger partial charge in [-0.05, 0) is 27.7 Å². The summed E-state index contributed by atoms with van der Waals surface area (Å²) in [5, 5.41) is 1.40. The number of halogens is 1. The lowest BCUT2D eigenvalue weighted by atomic mass is 10.1. The SMILES string of the molecule is COc1nc(SC)nc2oc(Br)c(-c3ccccc3)c12. The number of hydrogen-bond donors (Lipinski definition) is 0. The van der Waals surface area contributed by atoms with Gasteiger partial charge in [0.25, 0.3) is 0 Å². The van der Waals surface area contributed by atoms with Gasteiger partial charge in [-0.25, -0.2) is 0 Å². The molecular weight excluding hydrogens is 340 g/mol. The monoisotopic (exact) mass is 350 g/mol. The minimum Gasteiger partial charge on any atom is -0.480 e. The smallest absolute Gasteiger partial charge is 0.236 e. The van der Waals surface area contributed by atoms with E-state index in [-0.39, 0.29) is 0 Å². The maximum atomic E-state index is 5.71. The van der Waals surface area contributed by atoms with E-state index in [0.29, 0.717) is 21.4 Å². The molecule has 0 saturated heterocycles. The Bertz CT molecular complexity index is 759. The Labute approximate surface area is 128 Å². The highest BCUT2D eigenvalue weighted by molar-refractivity contribution is 9.10. The van der Waals surface area contributed by atoms with E-state index in [2.05, 4.69) is 25.9 Å². The van der Waals surface area contributed by atoms with Crippen molar-refractivity contribution in [3.05, 3.63) is 35.0 Å². The molecular formula is C14H11BrN2O2S. The molecule has 20 heavy (non-hydrogen) atoms. The number of thioether (sulfide) groups is 1. The van der Waals surface area contributed by atoms with E-state index >= 15 is 0 Å². The van der Waals surface area contributed by atoms with Crippen LogP contribution in [0.25, 0.3) is 22.2 Å². The van der Waals surface area contributed by atoms with Crippen molar-refractivity contribution in [2.45, 2.75) is 5.16 Å². The van der Waals surface area contributed by atoms with Crippen LogP contribution >= 0.6 is 27.7 Å². The van der Waals surface area contributed by atoms with E-state index in [9.17, 15) is 0 Å². The summed E-state index contributed by atoms with van der Waals surface area (Å²) in [6, 6.07) is 9.95. The molecule has 4 nitrogen and oxygen atoms in total. The first kappa shape index (κ1) is 13.5. The number of methoxy groups -OCH3 is 1. The van der Waals surface area contributed by atoms with Gasteiger partial charge in [0.2, 0.25) is 11.6 Å². The second kappa shape index (κ2) is 5.46. The van der Waals surface area contributed by atoms with E-state index < -0.39 is 0 Å². The fourth-order valence-corrected chi connectivity index (χ4v) is 2.95. The molecule has 102 valence electrons. The van der Waals surface area contributed by atoms with Crippen molar-refractivity contribution in [3.8, 4) is 17.0 Å². The molecule has 0 saturated carbocycles. The second-order valence-electron chi connectivity index (χ2n) is 4.02.